The summed E-state index contributed by atoms with van der Waals surface area (Å²) in [4.78, 5) is 28.8. The average molecular weight is 345 g/mol. The van der Waals surface area contributed by atoms with Crippen LogP contribution in [0.15, 0.2) is 12.1 Å². The summed E-state index contributed by atoms with van der Waals surface area (Å²) >= 11 is 0. The Morgan fingerprint density at radius 2 is 2.04 bits per heavy atom. The number of carbonyl (C=O) groups excluding carboxylic acids is 2. The van der Waals surface area contributed by atoms with E-state index in [9.17, 15) is 9.59 Å². The molecule has 2 aliphatic rings. The van der Waals surface area contributed by atoms with Gasteiger partial charge in [-0.3, -0.25) is 14.6 Å². The van der Waals surface area contributed by atoms with Gasteiger partial charge in [-0.1, -0.05) is 19.8 Å². The lowest BCUT2D eigenvalue weighted by Gasteiger charge is -2.41. The van der Waals surface area contributed by atoms with Crippen LogP contribution in [-0.2, 0) is 27.2 Å². The van der Waals surface area contributed by atoms with Gasteiger partial charge in [0.05, 0.1) is 12.8 Å². The maximum Gasteiger partial charge on any atom is 0.313 e. The van der Waals surface area contributed by atoms with Crippen LogP contribution in [0.25, 0.3) is 0 Å². The van der Waals surface area contributed by atoms with Crippen molar-refractivity contribution in [1.82, 2.24) is 4.98 Å². The number of carbonyl (C=O) groups is 2. The summed E-state index contributed by atoms with van der Waals surface area (Å²) in [5.74, 6) is 0.670. The van der Waals surface area contributed by atoms with Gasteiger partial charge < -0.3 is 9.47 Å². The summed E-state index contributed by atoms with van der Waals surface area (Å²) in [5.41, 5.74) is 1.24. The molecule has 1 saturated heterocycles. The van der Waals surface area contributed by atoms with Crippen molar-refractivity contribution in [2.75, 3.05) is 7.11 Å². The zero-order valence-electron chi connectivity index (χ0n) is 15.2. The lowest BCUT2D eigenvalue weighted by atomic mass is 9.76. The molecule has 1 aromatic rings. The molecule has 1 unspecified atom stereocenters. The number of nitrogens with zero attached hydrogens (tertiary/aromatic N) is 1. The fourth-order valence-corrected chi connectivity index (χ4v) is 4.30. The minimum Gasteiger partial charge on any atom is -0.495 e. The number of ketones is 1. The molecule has 5 nitrogen and oxygen atoms in total. The maximum atomic E-state index is 12.1. The van der Waals surface area contributed by atoms with E-state index in [2.05, 4.69) is 6.92 Å². The summed E-state index contributed by atoms with van der Waals surface area (Å²) in [5, 5.41) is 0. The van der Waals surface area contributed by atoms with Crippen molar-refractivity contribution in [3.8, 4) is 5.75 Å². The zero-order valence-corrected chi connectivity index (χ0v) is 15.2. The summed E-state index contributed by atoms with van der Waals surface area (Å²) < 4.78 is 11.3. The van der Waals surface area contributed by atoms with Crippen LogP contribution in [0.5, 0.6) is 5.75 Å². The average Bonchev–Trinajstić information content (AvgIpc) is 3.14. The van der Waals surface area contributed by atoms with Gasteiger partial charge in [0.25, 0.3) is 0 Å². The Balaban J connectivity index is 1.84. The van der Waals surface area contributed by atoms with Crippen LogP contribution >= 0.6 is 0 Å². The second kappa shape index (κ2) is 7.54. The second-order valence-corrected chi connectivity index (χ2v) is 7.22. The SMILES string of the molecule is CCc1ccc(OC)c(CCC2(C3CCCC3)CC(=O)CC(=O)O2)n1. The molecule has 1 aliphatic carbocycles. The lowest BCUT2D eigenvalue weighted by Crippen LogP contribution is -2.48. The summed E-state index contributed by atoms with van der Waals surface area (Å²) in [6.07, 6.45) is 6.74. The first-order chi connectivity index (χ1) is 12.1. The van der Waals surface area contributed by atoms with Gasteiger partial charge in [0.2, 0.25) is 0 Å². The molecule has 3 rings (SSSR count). The highest BCUT2D eigenvalue weighted by Gasteiger charge is 2.47. The van der Waals surface area contributed by atoms with Crippen molar-refractivity contribution in [2.45, 2.75) is 70.3 Å². The van der Waals surface area contributed by atoms with Gasteiger partial charge in [-0.05, 0) is 50.2 Å². The third kappa shape index (κ3) is 3.86. The summed E-state index contributed by atoms with van der Waals surface area (Å²) in [6.45, 7) is 2.07. The molecule has 0 spiro atoms. The number of ether oxygens (including phenoxy) is 2. The van der Waals surface area contributed by atoms with Crippen LogP contribution in [0.3, 0.4) is 0 Å². The quantitative estimate of drug-likeness (QED) is 0.584. The predicted octanol–water partition coefficient (Wildman–Crippen LogP) is 3.42. The third-order valence-corrected chi connectivity index (χ3v) is 5.61. The maximum absolute atomic E-state index is 12.1. The summed E-state index contributed by atoms with van der Waals surface area (Å²) in [7, 11) is 1.64. The molecule has 2 heterocycles. The van der Waals surface area contributed by atoms with E-state index < -0.39 is 5.60 Å². The van der Waals surface area contributed by atoms with Crippen LogP contribution in [0.2, 0.25) is 0 Å². The van der Waals surface area contributed by atoms with Crippen LogP contribution in [0.4, 0.5) is 0 Å². The van der Waals surface area contributed by atoms with Crippen molar-refractivity contribution < 1.29 is 19.1 Å². The van der Waals surface area contributed by atoms with E-state index >= 15 is 0 Å². The van der Waals surface area contributed by atoms with Crippen molar-refractivity contribution >= 4 is 11.8 Å². The smallest absolute Gasteiger partial charge is 0.313 e. The molecule has 1 atom stereocenters. The number of hydrogen-bond donors (Lipinski definition) is 0. The summed E-state index contributed by atoms with van der Waals surface area (Å²) in [6, 6.07) is 3.92. The molecular weight excluding hydrogens is 318 g/mol. The largest absolute Gasteiger partial charge is 0.495 e. The van der Waals surface area contributed by atoms with Crippen LogP contribution in [0, 0.1) is 5.92 Å². The molecule has 136 valence electrons. The van der Waals surface area contributed by atoms with E-state index in [4.69, 9.17) is 14.5 Å². The normalized spacial score (nSPS) is 24.4. The molecule has 1 aliphatic heterocycles. The van der Waals surface area contributed by atoms with Crippen molar-refractivity contribution in [1.29, 1.82) is 0 Å². The number of aryl methyl sites for hydroxylation is 2. The first-order valence-corrected chi connectivity index (χ1v) is 9.32. The van der Waals surface area contributed by atoms with Gasteiger partial charge in [-0.2, -0.15) is 0 Å². The Kier molecular flexibility index (Phi) is 5.40. The standard InChI is InChI=1S/C20H27NO4/c1-3-15-8-9-18(24-2)17(21-15)10-11-20(14-6-4-5-7-14)13-16(22)12-19(23)25-20/h8-9,14H,3-7,10-13H2,1-2H3. The van der Waals surface area contributed by atoms with Crippen LogP contribution < -0.4 is 4.74 Å². The second-order valence-electron chi connectivity index (χ2n) is 7.22. The van der Waals surface area contributed by atoms with E-state index in [1.54, 1.807) is 7.11 Å². The molecular formula is C20H27NO4. The van der Waals surface area contributed by atoms with Crippen LogP contribution in [-0.4, -0.2) is 29.4 Å². The van der Waals surface area contributed by atoms with E-state index in [1.807, 2.05) is 12.1 Å². The number of rotatable bonds is 6. The van der Waals surface area contributed by atoms with E-state index in [0.717, 1.165) is 49.2 Å². The Hall–Kier alpha value is -1.91. The van der Waals surface area contributed by atoms with E-state index in [1.165, 1.54) is 0 Å². The Morgan fingerprint density at radius 1 is 1.28 bits per heavy atom. The third-order valence-electron chi connectivity index (χ3n) is 5.61. The Bertz CT molecular complexity index is 633. The molecule has 1 aromatic heterocycles. The predicted molar refractivity (Wildman–Crippen MR) is 93.5 cm³/mol. The van der Waals surface area contributed by atoms with Gasteiger partial charge in [-0.15, -0.1) is 0 Å². The minimum absolute atomic E-state index is 0.00498. The van der Waals surface area contributed by atoms with Crippen molar-refractivity contribution in [2.24, 2.45) is 5.92 Å². The van der Waals surface area contributed by atoms with E-state index in [-0.39, 0.29) is 24.1 Å². The zero-order chi connectivity index (χ0) is 17.9. The molecule has 25 heavy (non-hydrogen) atoms. The number of esters is 1. The monoisotopic (exact) mass is 345 g/mol. The molecule has 1 saturated carbocycles. The van der Waals surface area contributed by atoms with Gasteiger partial charge in [0.15, 0.2) is 0 Å². The van der Waals surface area contributed by atoms with E-state index in [0.29, 0.717) is 19.3 Å². The van der Waals surface area contributed by atoms with Crippen molar-refractivity contribution in [3.05, 3.63) is 23.5 Å². The lowest BCUT2D eigenvalue weighted by molar-refractivity contribution is -0.178. The van der Waals surface area contributed by atoms with Crippen LogP contribution in [0.1, 0.15) is 63.3 Å². The number of aromatic nitrogens is 1. The first kappa shape index (κ1) is 17.9. The Labute approximate surface area is 149 Å². The topological polar surface area (TPSA) is 65.5 Å². The Morgan fingerprint density at radius 3 is 2.68 bits per heavy atom. The molecule has 0 radical (unpaired) electrons. The first-order valence-electron chi connectivity index (χ1n) is 9.32. The number of methoxy groups -OCH3 is 1. The van der Waals surface area contributed by atoms with Gasteiger partial charge in [-0.25, -0.2) is 0 Å². The number of hydrogen-bond acceptors (Lipinski definition) is 5. The van der Waals surface area contributed by atoms with Gasteiger partial charge in [0, 0.05) is 12.1 Å². The number of Topliss-reactive ketones (excluding diaryl/α,β-unsaturated/α-hetero) is 1. The minimum atomic E-state index is -0.655. The molecule has 5 heteroatoms. The van der Waals surface area contributed by atoms with Gasteiger partial charge in [0.1, 0.15) is 23.6 Å². The fourth-order valence-electron chi connectivity index (χ4n) is 4.30. The highest BCUT2D eigenvalue weighted by Crippen LogP contribution is 2.44. The molecule has 0 N–H and O–H groups in total. The molecule has 0 amide bonds. The highest BCUT2D eigenvalue weighted by molar-refractivity contribution is 5.98. The molecule has 0 bridgehead atoms. The molecule has 2 fully saturated rings. The molecule has 0 aromatic carbocycles. The fraction of sp³-hybridized carbons (Fsp3) is 0.650. The highest BCUT2D eigenvalue weighted by atomic mass is 16.6. The number of cyclic esters (lactones) is 1. The number of pyridine rings is 1. The van der Waals surface area contributed by atoms with Crippen molar-refractivity contribution in [3.63, 3.8) is 0 Å². The van der Waals surface area contributed by atoms with Gasteiger partial charge >= 0.3 is 5.97 Å².